The fraction of sp³-hybridized carbons (Fsp3) is 0.300. The Labute approximate surface area is 156 Å². The third-order valence-electron chi connectivity index (χ3n) is 4.78. The van der Waals surface area contributed by atoms with Crippen molar-refractivity contribution >= 4 is 5.91 Å². The number of carbonyl (C=O) groups is 1. The van der Waals surface area contributed by atoms with E-state index in [0.717, 1.165) is 37.3 Å². The van der Waals surface area contributed by atoms with Gasteiger partial charge in [-0.2, -0.15) is 5.10 Å². The number of rotatable bonds is 6. The van der Waals surface area contributed by atoms with Crippen LogP contribution in [0.15, 0.2) is 59.3 Å². The summed E-state index contributed by atoms with van der Waals surface area (Å²) in [6.45, 7) is 2.91. The average Bonchev–Trinajstić information content (AvgIpc) is 3.35. The second kappa shape index (κ2) is 7.75. The Kier molecular flexibility index (Phi) is 5.02. The molecule has 0 saturated carbocycles. The number of benzene rings is 1. The molecular formula is C20H21FN4O2. The predicted octanol–water partition coefficient (Wildman–Crippen LogP) is 2.99. The van der Waals surface area contributed by atoms with E-state index in [4.69, 9.17) is 4.42 Å². The van der Waals surface area contributed by atoms with Crippen molar-refractivity contribution in [3.05, 3.63) is 77.8 Å². The van der Waals surface area contributed by atoms with Crippen LogP contribution in [0.5, 0.6) is 0 Å². The number of hydrogen-bond donors (Lipinski definition) is 1. The maximum atomic E-state index is 13.1. The van der Waals surface area contributed by atoms with E-state index in [2.05, 4.69) is 15.3 Å². The van der Waals surface area contributed by atoms with Gasteiger partial charge in [0.25, 0.3) is 5.91 Å². The second-order valence-corrected chi connectivity index (χ2v) is 6.74. The van der Waals surface area contributed by atoms with Crippen molar-refractivity contribution in [1.82, 2.24) is 20.0 Å². The van der Waals surface area contributed by atoms with Gasteiger partial charge in [-0.25, -0.2) is 4.39 Å². The molecule has 0 aliphatic carbocycles. The van der Waals surface area contributed by atoms with Gasteiger partial charge in [-0.05, 0) is 42.3 Å². The van der Waals surface area contributed by atoms with Crippen LogP contribution in [0.1, 0.15) is 34.3 Å². The third-order valence-corrected chi connectivity index (χ3v) is 4.78. The Morgan fingerprint density at radius 2 is 2.11 bits per heavy atom. The summed E-state index contributed by atoms with van der Waals surface area (Å²) >= 11 is 0. The van der Waals surface area contributed by atoms with Gasteiger partial charge in [-0.15, -0.1) is 0 Å². The highest BCUT2D eigenvalue weighted by Gasteiger charge is 2.25. The van der Waals surface area contributed by atoms with Crippen LogP contribution in [0.25, 0.3) is 0 Å². The number of hydrogen-bond acceptors (Lipinski definition) is 4. The normalized spacial score (nSPS) is 16.9. The van der Waals surface area contributed by atoms with Crippen molar-refractivity contribution in [2.75, 3.05) is 13.1 Å². The van der Waals surface area contributed by atoms with Crippen LogP contribution in [0.4, 0.5) is 4.39 Å². The summed E-state index contributed by atoms with van der Waals surface area (Å²) < 4.78 is 20.3. The lowest BCUT2D eigenvalue weighted by molar-refractivity contribution is 0.0919. The standard InChI is InChI=1S/C20H21FN4O2/c21-16-5-3-15(4-6-16)12-24-13-17(25-18(14-24)8-10-23-25)7-9-22-20(26)19-2-1-11-27-19/h1-6,8,10-11,17H,7,9,12-14H2,(H,22,26). The highest BCUT2D eigenvalue weighted by molar-refractivity contribution is 5.91. The number of halogens is 1. The Bertz CT molecular complexity index is 889. The second-order valence-electron chi connectivity index (χ2n) is 6.74. The van der Waals surface area contributed by atoms with Crippen molar-refractivity contribution in [3.63, 3.8) is 0 Å². The molecule has 3 aromatic rings. The highest BCUT2D eigenvalue weighted by atomic mass is 19.1. The number of nitrogens with one attached hydrogen (secondary N) is 1. The van der Waals surface area contributed by atoms with Crippen molar-refractivity contribution in [1.29, 1.82) is 0 Å². The molecule has 140 valence electrons. The lowest BCUT2D eigenvalue weighted by Crippen LogP contribution is -2.38. The Morgan fingerprint density at radius 3 is 2.89 bits per heavy atom. The molecule has 4 rings (SSSR count). The van der Waals surface area contributed by atoms with Gasteiger partial charge < -0.3 is 9.73 Å². The van der Waals surface area contributed by atoms with E-state index in [1.807, 2.05) is 29.1 Å². The van der Waals surface area contributed by atoms with E-state index in [-0.39, 0.29) is 17.8 Å². The van der Waals surface area contributed by atoms with Crippen LogP contribution in [0, 0.1) is 5.82 Å². The molecule has 6 nitrogen and oxygen atoms in total. The first-order valence-electron chi connectivity index (χ1n) is 9.00. The topological polar surface area (TPSA) is 63.3 Å². The van der Waals surface area contributed by atoms with Crippen LogP contribution in [-0.2, 0) is 13.1 Å². The van der Waals surface area contributed by atoms with Crippen LogP contribution in [-0.4, -0.2) is 33.7 Å². The van der Waals surface area contributed by atoms with Crippen molar-refractivity contribution in [3.8, 4) is 0 Å². The SMILES string of the molecule is O=C(NCCC1CN(Cc2ccc(F)cc2)Cc2ccnn21)c1ccco1. The summed E-state index contributed by atoms with van der Waals surface area (Å²) in [4.78, 5) is 14.3. The minimum absolute atomic E-state index is 0.168. The predicted molar refractivity (Wildman–Crippen MR) is 97.4 cm³/mol. The van der Waals surface area contributed by atoms with Gasteiger partial charge in [-0.1, -0.05) is 12.1 Å². The van der Waals surface area contributed by atoms with Gasteiger partial charge in [0, 0.05) is 32.4 Å². The number of aromatic nitrogens is 2. The fourth-order valence-corrected chi connectivity index (χ4v) is 3.49. The lowest BCUT2D eigenvalue weighted by Gasteiger charge is -2.34. The van der Waals surface area contributed by atoms with Crippen LogP contribution in [0.2, 0.25) is 0 Å². The third kappa shape index (κ3) is 4.09. The zero-order valence-electron chi connectivity index (χ0n) is 14.8. The fourth-order valence-electron chi connectivity index (χ4n) is 3.49. The van der Waals surface area contributed by atoms with E-state index in [1.54, 1.807) is 12.1 Å². The van der Waals surface area contributed by atoms with E-state index >= 15 is 0 Å². The zero-order valence-corrected chi connectivity index (χ0v) is 14.8. The monoisotopic (exact) mass is 368 g/mol. The number of furan rings is 1. The number of carbonyl (C=O) groups excluding carboxylic acids is 1. The Hall–Kier alpha value is -2.93. The summed E-state index contributed by atoms with van der Waals surface area (Å²) in [5.41, 5.74) is 2.22. The van der Waals surface area contributed by atoms with Gasteiger partial charge >= 0.3 is 0 Å². The first-order valence-corrected chi connectivity index (χ1v) is 9.00. The summed E-state index contributed by atoms with van der Waals surface area (Å²) in [5, 5.41) is 7.34. The molecule has 0 bridgehead atoms. The molecule has 7 heteroatoms. The largest absolute Gasteiger partial charge is 0.459 e. The van der Waals surface area contributed by atoms with Crippen molar-refractivity contribution in [2.45, 2.75) is 25.6 Å². The molecule has 0 spiro atoms. The molecule has 27 heavy (non-hydrogen) atoms. The molecular weight excluding hydrogens is 347 g/mol. The molecule has 1 atom stereocenters. The Balaban J connectivity index is 1.38. The molecule has 3 heterocycles. The molecule has 1 aliphatic rings. The number of nitrogens with zero attached hydrogens (tertiary/aromatic N) is 3. The lowest BCUT2D eigenvalue weighted by atomic mass is 10.1. The minimum Gasteiger partial charge on any atom is -0.459 e. The summed E-state index contributed by atoms with van der Waals surface area (Å²) in [7, 11) is 0. The van der Waals surface area contributed by atoms with Gasteiger partial charge in [-0.3, -0.25) is 14.4 Å². The average molecular weight is 368 g/mol. The quantitative estimate of drug-likeness (QED) is 0.727. The Morgan fingerprint density at radius 1 is 1.26 bits per heavy atom. The van der Waals surface area contributed by atoms with Gasteiger partial charge in [0.05, 0.1) is 18.0 Å². The van der Waals surface area contributed by atoms with Gasteiger partial charge in [0.15, 0.2) is 5.76 Å². The van der Waals surface area contributed by atoms with Gasteiger partial charge in [0.2, 0.25) is 0 Å². The van der Waals surface area contributed by atoms with E-state index in [1.165, 1.54) is 18.4 Å². The first-order chi connectivity index (χ1) is 13.2. The number of fused-ring (bicyclic) bond motifs is 1. The highest BCUT2D eigenvalue weighted by Crippen LogP contribution is 2.24. The smallest absolute Gasteiger partial charge is 0.286 e. The minimum atomic E-state index is -0.222. The van der Waals surface area contributed by atoms with E-state index < -0.39 is 0 Å². The summed E-state index contributed by atoms with van der Waals surface area (Å²) in [5.74, 6) is -0.114. The maximum absolute atomic E-state index is 13.1. The molecule has 1 N–H and O–H groups in total. The van der Waals surface area contributed by atoms with Crippen molar-refractivity contribution in [2.24, 2.45) is 0 Å². The van der Waals surface area contributed by atoms with Crippen LogP contribution >= 0.6 is 0 Å². The molecule has 1 aliphatic heterocycles. The maximum Gasteiger partial charge on any atom is 0.286 e. The van der Waals surface area contributed by atoms with E-state index in [9.17, 15) is 9.18 Å². The van der Waals surface area contributed by atoms with Crippen LogP contribution < -0.4 is 5.32 Å². The van der Waals surface area contributed by atoms with Crippen molar-refractivity contribution < 1.29 is 13.6 Å². The molecule has 0 saturated heterocycles. The zero-order chi connectivity index (χ0) is 18.6. The summed E-state index contributed by atoms with van der Waals surface area (Å²) in [6.07, 6.45) is 4.06. The molecule has 0 radical (unpaired) electrons. The molecule has 1 unspecified atom stereocenters. The molecule has 2 aromatic heterocycles. The number of amides is 1. The van der Waals surface area contributed by atoms with E-state index in [0.29, 0.717) is 12.3 Å². The summed E-state index contributed by atoms with van der Waals surface area (Å²) in [6, 6.07) is 12.1. The van der Waals surface area contributed by atoms with Crippen LogP contribution in [0.3, 0.4) is 0 Å². The molecule has 1 amide bonds. The first kappa shape index (κ1) is 17.5. The molecule has 0 fully saturated rings. The molecule has 1 aromatic carbocycles. The van der Waals surface area contributed by atoms with Gasteiger partial charge in [0.1, 0.15) is 5.82 Å².